The summed E-state index contributed by atoms with van der Waals surface area (Å²) in [6, 6.07) is 13.8. The summed E-state index contributed by atoms with van der Waals surface area (Å²) in [4.78, 5) is 12.3. The normalized spacial score (nSPS) is 10.6. The van der Waals surface area contributed by atoms with E-state index in [4.69, 9.17) is 28.3 Å². The molecule has 2 aromatic rings. The highest BCUT2D eigenvalue weighted by Gasteiger charge is 2.11. The average Bonchev–Trinajstić information content (AvgIpc) is 2.64. The van der Waals surface area contributed by atoms with Gasteiger partial charge in [-0.15, -0.1) is 0 Å². The second-order valence-corrected chi connectivity index (χ2v) is 6.83. The smallest absolute Gasteiger partial charge is 0.251 e. The van der Waals surface area contributed by atoms with Crippen LogP contribution in [0.4, 0.5) is 0 Å². The van der Waals surface area contributed by atoms with Gasteiger partial charge in [-0.05, 0) is 48.2 Å². The van der Waals surface area contributed by atoms with Gasteiger partial charge in [-0.2, -0.15) is 0 Å². The second-order valence-electron chi connectivity index (χ2n) is 5.99. The van der Waals surface area contributed by atoms with Gasteiger partial charge in [0.1, 0.15) is 0 Å². The Kier molecular flexibility index (Phi) is 8.17. The van der Waals surface area contributed by atoms with Crippen molar-refractivity contribution >= 4 is 34.7 Å². The predicted octanol–water partition coefficient (Wildman–Crippen LogP) is 5.14. The number of nitrogens with one attached hydrogen (secondary N) is 1. The van der Waals surface area contributed by atoms with E-state index >= 15 is 0 Å². The molecule has 0 atom stereocenters. The molecule has 0 heterocycles. The molecule has 0 aliphatic rings. The van der Waals surface area contributed by atoms with Crippen LogP contribution in [0.3, 0.4) is 0 Å². The molecular formula is C21H22Cl2NO2. The minimum atomic E-state index is -0.206. The minimum absolute atomic E-state index is 0.206. The molecule has 3 nitrogen and oxygen atoms in total. The van der Waals surface area contributed by atoms with Gasteiger partial charge < -0.3 is 10.4 Å². The zero-order chi connectivity index (χ0) is 18.9. The maximum Gasteiger partial charge on any atom is 0.251 e. The quantitative estimate of drug-likeness (QED) is 0.459. The second kappa shape index (κ2) is 10.4. The minimum Gasteiger partial charge on any atom is -0.396 e. The van der Waals surface area contributed by atoms with Crippen molar-refractivity contribution in [3.8, 4) is 11.1 Å². The van der Waals surface area contributed by atoms with Gasteiger partial charge >= 0.3 is 0 Å². The maximum absolute atomic E-state index is 12.3. The molecule has 0 aliphatic heterocycles. The Morgan fingerprint density at radius 2 is 1.88 bits per heavy atom. The Balaban J connectivity index is 2.00. The molecule has 0 saturated carbocycles. The first-order valence-corrected chi connectivity index (χ1v) is 9.34. The van der Waals surface area contributed by atoms with Crippen molar-refractivity contribution in [3.05, 3.63) is 64.7 Å². The van der Waals surface area contributed by atoms with Gasteiger partial charge in [0.25, 0.3) is 5.91 Å². The highest BCUT2D eigenvalue weighted by Crippen LogP contribution is 2.31. The number of amides is 1. The van der Waals surface area contributed by atoms with Crippen molar-refractivity contribution in [2.45, 2.75) is 25.7 Å². The first-order chi connectivity index (χ1) is 12.5. The Labute approximate surface area is 164 Å². The van der Waals surface area contributed by atoms with Crippen LogP contribution >= 0.6 is 23.2 Å². The molecule has 2 rings (SSSR count). The van der Waals surface area contributed by atoms with Crippen LogP contribution in [0, 0.1) is 6.07 Å². The Hall–Kier alpha value is -1.81. The molecule has 0 aliphatic carbocycles. The van der Waals surface area contributed by atoms with Crippen molar-refractivity contribution in [3.63, 3.8) is 0 Å². The summed E-state index contributed by atoms with van der Waals surface area (Å²) in [6.07, 6.45) is 3.62. The summed E-state index contributed by atoms with van der Waals surface area (Å²) in [5.41, 5.74) is 2.71. The number of carbonyl (C=O) groups is 1. The highest BCUT2D eigenvalue weighted by atomic mass is 35.5. The molecule has 2 aromatic carbocycles. The molecule has 0 spiro atoms. The molecule has 0 saturated heterocycles. The van der Waals surface area contributed by atoms with Crippen LogP contribution in [-0.2, 0) is 4.79 Å². The maximum atomic E-state index is 12.3. The number of rotatable bonds is 9. The summed E-state index contributed by atoms with van der Waals surface area (Å²) in [6.45, 7) is 4.70. The van der Waals surface area contributed by atoms with Crippen LogP contribution in [-0.4, -0.2) is 24.2 Å². The largest absolute Gasteiger partial charge is 0.396 e. The van der Waals surface area contributed by atoms with Gasteiger partial charge in [0.2, 0.25) is 0 Å². The standard InChI is InChI=1S/C21H22Cl2NO2/c1-15(21(26)24-11-4-2-3-5-12-25)16-7-6-8-17(13-16)19-10-9-18(22)14-20(19)23/h6,8-10,13-14,25H,1-5,11-12H2,(H,24,26). The summed E-state index contributed by atoms with van der Waals surface area (Å²) in [5.74, 6) is -0.206. The van der Waals surface area contributed by atoms with Gasteiger partial charge in [0.05, 0.1) is 0 Å². The summed E-state index contributed by atoms with van der Waals surface area (Å²) < 4.78 is 0. The topological polar surface area (TPSA) is 49.3 Å². The lowest BCUT2D eigenvalue weighted by Gasteiger charge is -2.10. The highest BCUT2D eigenvalue weighted by molar-refractivity contribution is 6.36. The van der Waals surface area contributed by atoms with E-state index in [0.29, 0.717) is 27.7 Å². The lowest BCUT2D eigenvalue weighted by molar-refractivity contribution is -0.115. The van der Waals surface area contributed by atoms with Crippen LogP contribution in [0.5, 0.6) is 0 Å². The fourth-order valence-corrected chi connectivity index (χ4v) is 3.07. The van der Waals surface area contributed by atoms with Crippen LogP contribution in [0.15, 0.2) is 43.0 Å². The third-order valence-corrected chi connectivity index (χ3v) is 4.56. The SMILES string of the molecule is C=C(C(=O)NCCCCCCO)c1[c]ccc(-c2ccc(Cl)cc2Cl)c1. The van der Waals surface area contributed by atoms with Crippen molar-refractivity contribution in [2.24, 2.45) is 0 Å². The van der Waals surface area contributed by atoms with E-state index in [9.17, 15) is 4.79 Å². The number of halogens is 2. The first-order valence-electron chi connectivity index (χ1n) is 8.58. The Bertz CT molecular complexity index is 774. The van der Waals surface area contributed by atoms with E-state index in [1.54, 1.807) is 18.2 Å². The van der Waals surface area contributed by atoms with E-state index in [-0.39, 0.29) is 12.5 Å². The number of hydrogen-bond acceptors (Lipinski definition) is 2. The van der Waals surface area contributed by atoms with E-state index in [1.165, 1.54) is 0 Å². The number of benzene rings is 2. The molecule has 5 heteroatoms. The van der Waals surface area contributed by atoms with Crippen LogP contribution < -0.4 is 5.32 Å². The van der Waals surface area contributed by atoms with Crippen LogP contribution in [0.25, 0.3) is 16.7 Å². The van der Waals surface area contributed by atoms with Crippen molar-refractivity contribution in [2.75, 3.05) is 13.2 Å². The lowest BCUT2D eigenvalue weighted by Crippen LogP contribution is -2.25. The zero-order valence-corrected chi connectivity index (χ0v) is 16.0. The summed E-state index contributed by atoms with van der Waals surface area (Å²) >= 11 is 12.2. The third-order valence-electron chi connectivity index (χ3n) is 4.01. The number of carbonyl (C=O) groups excluding carboxylic acids is 1. The van der Waals surface area contributed by atoms with Crippen molar-refractivity contribution < 1.29 is 9.90 Å². The predicted molar refractivity (Wildman–Crippen MR) is 108 cm³/mol. The lowest BCUT2D eigenvalue weighted by atomic mass is 9.99. The molecule has 0 unspecified atom stereocenters. The van der Waals surface area contributed by atoms with Crippen LogP contribution in [0.2, 0.25) is 10.0 Å². The number of aliphatic hydroxyl groups is 1. The molecular weight excluding hydrogens is 369 g/mol. The van der Waals surface area contributed by atoms with Gasteiger partial charge in [-0.1, -0.05) is 60.8 Å². The van der Waals surface area contributed by atoms with Crippen LogP contribution in [0.1, 0.15) is 31.2 Å². The summed E-state index contributed by atoms with van der Waals surface area (Å²) in [7, 11) is 0. The van der Waals surface area contributed by atoms with E-state index in [0.717, 1.165) is 36.8 Å². The van der Waals surface area contributed by atoms with Gasteiger partial charge in [0.15, 0.2) is 0 Å². The molecule has 0 bridgehead atoms. The fraction of sp³-hybridized carbons (Fsp3) is 0.286. The number of hydrogen-bond donors (Lipinski definition) is 2. The number of aliphatic hydroxyl groups excluding tert-OH is 1. The van der Waals surface area contributed by atoms with Gasteiger partial charge in [-0.3, -0.25) is 4.79 Å². The molecule has 0 aromatic heterocycles. The van der Waals surface area contributed by atoms with Crippen molar-refractivity contribution in [1.82, 2.24) is 5.32 Å². The molecule has 26 heavy (non-hydrogen) atoms. The monoisotopic (exact) mass is 390 g/mol. The summed E-state index contributed by atoms with van der Waals surface area (Å²) in [5, 5.41) is 12.7. The van der Waals surface area contributed by atoms with Gasteiger partial charge in [-0.25, -0.2) is 0 Å². The molecule has 1 radical (unpaired) electrons. The third kappa shape index (κ3) is 5.87. The Morgan fingerprint density at radius 3 is 2.62 bits per heavy atom. The Morgan fingerprint density at radius 1 is 1.12 bits per heavy atom. The molecule has 1 amide bonds. The van der Waals surface area contributed by atoms with E-state index in [2.05, 4.69) is 18.0 Å². The van der Waals surface area contributed by atoms with Crippen molar-refractivity contribution in [1.29, 1.82) is 0 Å². The number of unbranched alkanes of at least 4 members (excludes halogenated alkanes) is 3. The first kappa shape index (κ1) is 20.5. The zero-order valence-electron chi connectivity index (χ0n) is 14.5. The van der Waals surface area contributed by atoms with E-state index < -0.39 is 0 Å². The van der Waals surface area contributed by atoms with Gasteiger partial charge in [0, 0.05) is 34.3 Å². The fourth-order valence-electron chi connectivity index (χ4n) is 2.55. The molecule has 2 N–H and O–H groups in total. The van der Waals surface area contributed by atoms with E-state index in [1.807, 2.05) is 18.2 Å². The average molecular weight is 391 g/mol. The molecule has 0 fully saturated rings. The molecule has 137 valence electrons.